The van der Waals surface area contributed by atoms with Crippen molar-refractivity contribution in [1.82, 2.24) is 10.2 Å². The number of anilines is 1. The third-order valence-electron chi connectivity index (χ3n) is 7.47. The number of halogens is 3. The lowest BCUT2D eigenvalue weighted by molar-refractivity contribution is -0.154. The Morgan fingerprint density at radius 3 is 2.16 bits per heavy atom. The zero-order valence-corrected chi connectivity index (χ0v) is 30.7. The number of hydrogen-bond donors (Lipinski definition) is 1. The topological polar surface area (TPSA) is 124 Å². The van der Waals surface area contributed by atoms with Gasteiger partial charge < -0.3 is 34.1 Å². The van der Waals surface area contributed by atoms with Gasteiger partial charge in [0.15, 0.2) is 18.1 Å². The summed E-state index contributed by atoms with van der Waals surface area (Å²) in [5, 5.41) is 2.63. The average molecular weight is 722 g/mol. The van der Waals surface area contributed by atoms with Crippen molar-refractivity contribution >= 4 is 29.6 Å². The van der Waals surface area contributed by atoms with Crippen LogP contribution in [0.1, 0.15) is 89.7 Å². The molecule has 0 fully saturated rings. The Bertz CT molecular complexity index is 1550. The van der Waals surface area contributed by atoms with Crippen LogP contribution in [0.2, 0.25) is 0 Å². The van der Waals surface area contributed by atoms with Crippen molar-refractivity contribution in [3.8, 4) is 11.5 Å². The third-order valence-corrected chi connectivity index (χ3v) is 7.47. The van der Waals surface area contributed by atoms with Crippen molar-refractivity contribution < 1.29 is 51.3 Å². The van der Waals surface area contributed by atoms with Crippen LogP contribution in [-0.4, -0.2) is 85.0 Å². The smallest absolute Gasteiger partial charge is 0.422 e. The number of carbonyl (C=O) groups is 4. The van der Waals surface area contributed by atoms with E-state index in [9.17, 15) is 32.3 Å². The highest BCUT2D eigenvalue weighted by atomic mass is 19.4. The molecule has 3 rings (SSSR count). The zero-order chi connectivity index (χ0) is 38.1. The molecule has 14 heteroatoms. The molecule has 0 saturated heterocycles. The molecule has 0 unspecified atom stereocenters. The van der Waals surface area contributed by atoms with Gasteiger partial charge in [0, 0.05) is 19.0 Å². The molecular formula is C37H50F3N3O8. The number of nitrogens with zero attached hydrogens (tertiary/aromatic N) is 2. The maximum atomic E-state index is 13.6. The Labute approximate surface area is 297 Å². The van der Waals surface area contributed by atoms with E-state index >= 15 is 0 Å². The van der Waals surface area contributed by atoms with Gasteiger partial charge in [-0.25, -0.2) is 4.79 Å². The molecule has 1 heterocycles. The number of alkyl halides is 3. The van der Waals surface area contributed by atoms with Crippen LogP contribution in [0.3, 0.4) is 0 Å². The number of benzene rings is 2. The van der Waals surface area contributed by atoms with Crippen molar-refractivity contribution in [3.63, 3.8) is 0 Å². The van der Waals surface area contributed by atoms with Crippen LogP contribution >= 0.6 is 0 Å². The average Bonchev–Trinajstić information content (AvgIpc) is 3.43. The largest absolute Gasteiger partial charge is 0.488 e. The quantitative estimate of drug-likeness (QED) is 0.216. The SMILES string of the molecule is CCCC(=O)N1CCc2cc(C[C@@H](C)N(CCOc3ccccc3OCC(F)(F)F)C(=O)OC(C)(C)C)cc(C(=O)NCC(=O)OC(C)(C)C)c21. The van der Waals surface area contributed by atoms with Gasteiger partial charge >= 0.3 is 18.2 Å². The molecule has 282 valence electrons. The Morgan fingerprint density at radius 2 is 1.57 bits per heavy atom. The molecule has 0 aromatic heterocycles. The molecule has 11 nitrogen and oxygen atoms in total. The zero-order valence-electron chi connectivity index (χ0n) is 30.7. The van der Waals surface area contributed by atoms with Gasteiger partial charge in [0.05, 0.1) is 17.8 Å². The Balaban J connectivity index is 1.88. The number of carbonyl (C=O) groups excluding carboxylic acids is 4. The second kappa shape index (κ2) is 17.1. The summed E-state index contributed by atoms with van der Waals surface area (Å²) in [5.41, 5.74) is 0.647. The normalized spacial score (nSPS) is 13.6. The number of para-hydroxylation sites is 2. The first kappa shape index (κ1) is 40.9. The van der Waals surface area contributed by atoms with Crippen LogP contribution < -0.4 is 19.7 Å². The van der Waals surface area contributed by atoms with Gasteiger partial charge in [0.1, 0.15) is 24.4 Å². The highest BCUT2D eigenvalue weighted by Gasteiger charge is 2.32. The highest BCUT2D eigenvalue weighted by Crippen LogP contribution is 2.35. The van der Waals surface area contributed by atoms with Crippen molar-refractivity contribution in [2.24, 2.45) is 0 Å². The van der Waals surface area contributed by atoms with Gasteiger partial charge in [0.25, 0.3) is 5.91 Å². The van der Waals surface area contributed by atoms with E-state index in [0.717, 1.165) is 5.56 Å². The lowest BCUT2D eigenvalue weighted by Crippen LogP contribution is -2.45. The minimum atomic E-state index is -4.53. The summed E-state index contributed by atoms with van der Waals surface area (Å²) in [6.45, 7) is 12.5. The second-order valence-electron chi connectivity index (χ2n) is 14.4. The molecular weight excluding hydrogens is 671 g/mol. The maximum Gasteiger partial charge on any atom is 0.422 e. The molecule has 0 aliphatic carbocycles. The Morgan fingerprint density at radius 1 is 0.941 bits per heavy atom. The molecule has 2 aromatic carbocycles. The van der Waals surface area contributed by atoms with Crippen LogP contribution in [0.5, 0.6) is 11.5 Å². The van der Waals surface area contributed by atoms with Gasteiger partial charge in [-0.15, -0.1) is 0 Å². The fourth-order valence-corrected chi connectivity index (χ4v) is 5.49. The van der Waals surface area contributed by atoms with Crippen molar-refractivity contribution in [2.75, 3.05) is 37.7 Å². The summed E-state index contributed by atoms with van der Waals surface area (Å²) in [6, 6.07) is 9.02. The molecule has 1 aliphatic heterocycles. The van der Waals surface area contributed by atoms with E-state index in [4.69, 9.17) is 18.9 Å². The molecule has 1 aliphatic rings. The molecule has 0 bridgehead atoms. The monoisotopic (exact) mass is 721 g/mol. The lowest BCUT2D eigenvalue weighted by Gasteiger charge is -2.32. The van der Waals surface area contributed by atoms with Gasteiger partial charge in [-0.1, -0.05) is 25.1 Å². The highest BCUT2D eigenvalue weighted by molar-refractivity contribution is 6.07. The van der Waals surface area contributed by atoms with E-state index in [1.165, 1.54) is 23.1 Å². The summed E-state index contributed by atoms with van der Waals surface area (Å²) >= 11 is 0. The number of esters is 1. The number of amides is 3. The van der Waals surface area contributed by atoms with E-state index in [-0.39, 0.29) is 49.1 Å². The Hall–Kier alpha value is -4.49. The summed E-state index contributed by atoms with van der Waals surface area (Å²) in [4.78, 5) is 55.6. The first-order valence-electron chi connectivity index (χ1n) is 17.0. The first-order chi connectivity index (χ1) is 23.7. The Kier molecular flexibility index (Phi) is 13.8. The number of ether oxygens (including phenoxy) is 4. The van der Waals surface area contributed by atoms with Gasteiger partial charge in [-0.3, -0.25) is 14.4 Å². The van der Waals surface area contributed by atoms with E-state index in [2.05, 4.69) is 5.32 Å². The fraction of sp³-hybridized carbons (Fsp3) is 0.568. The van der Waals surface area contributed by atoms with Crippen LogP contribution in [0.15, 0.2) is 36.4 Å². The van der Waals surface area contributed by atoms with Crippen molar-refractivity contribution in [1.29, 1.82) is 0 Å². The van der Waals surface area contributed by atoms with Crippen LogP contribution in [-0.2, 0) is 31.9 Å². The molecule has 2 aromatic rings. The molecule has 3 amide bonds. The van der Waals surface area contributed by atoms with Crippen LogP contribution in [0.25, 0.3) is 0 Å². The maximum absolute atomic E-state index is 13.6. The summed E-state index contributed by atoms with van der Waals surface area (Å²) in [6.07, 6.45) is -3.44. The van der Waals surface area contributed by atoms with Crippen LogP contribution in [0.4, 0.5) is 23.7 Å². The molecule has 51 heavy (non-hydrogen) atoms. The van der Waals surface area contributed by atoms with E-state index in [1.54, 1.807) is 65.5 Å². The molecule has 1 N–H and O–H groups in total. The summed E-state index contributed by atoms with van der Waals surface area (Å²) < 4.78 is 60.1. The first-order valence-corrected chi connectivity index (χ1v) is 17.0. The van der Waals surface area contributed by atoms with Gasteiger partial charge in [0.2, 0.25) is 5.91 Å². The summed E-state index contributed by atoms with van der Waals surface area (Å²) in [7, 11) is 0. The minimum Gasteiger partial charge on any atom is -0.488 e. The van der Waals surface area contributed by atoms with E-state index in [0.29, 0.717) is 37.1 Å². The number of fused-ring (bicyclic) bond motifs is 1. The van der Waals surface area contributed by atoms with E-state index < -0.39 is 48.0 Å². The number of rotatable bonds is 14. The molecule has 0 saturated carbocycles. The minimum absolute atomic E-state index is 0.0111. The number of nitrogens with one attached hydrogen (secondary N) is 1. The molecule has 1 atom stereocenters. The second-order valence-corrected chi connectivity index (χ2v) is 14.4. The predicted octanol–water partition coefficient (Wildman–Crippen LogP) is 6.64. The lowest BCUT2D eigenvalue weighted by atomic mass is 9.97. The number of hydrogen-bond acceptors (Lipinski definition) is 8. The van der Waals surface area contributed by atoms with Crippen molar-refractivity contribution in [2.45, 2.75) is 104 Å². The van der Waals surface area contributed by atoms with Crippen molar-refractivity contribution in [3.05, 3.63) is 53.1 Å². The standard InChI is InChI=1S/C37H50F3N3O8/c1-9-12-30(44)43-16-15-26-20-25(21-27(32(26)43)33(46)41-22-31(45)50-35(3,4)5)19-24(2)42(34(47)51-36(6,7)8)17-18-48-28-13-10-11-14-29(28)49-23-37(38,39)40/h10-11,13-14,20-21,24H,9,12,15-19,22-23H2,1-8H3,(H,41,46)/t24-/m1/s1. The molecule has 0 radical (unpaired) electrons. The third kappa shape index (κ3) is 13.0. The van der Waals surface area contributed by atoms with Gasteiger partial charge in [-0.05, 0) is 97.1 Å². The van der Waals surface area contributed by atoms with Crippen LogP contribution in [0, 0.1) is 0 Å². The fourth-order valence-electron chi connectivity index (χ4n) is 5.49. The van der Waals surface area contributed by atoms with E-state index in [1.807, 2.05) is 13.0 Å². The predicted molar refractivity (Wildman–Crippen MR) is 185 cm³/mol. The van der Waals surface area contributed by atoms with Gasteiger partial charge in [-0.2, -0.15) is 13.2 Å². The molecule has 0 spiro atoms. The summed E-state index contributed by atoms with van der Waals surface area (Å²) in [5.74, 6) is -1.28.